The second-order valence-corrected chi connectivity index (χ2v) is 5.12. The summed E-state index contributed by atoms with van der Waals surface area (Å²) in [6, 6.07) is 5.01. The van der Waals surface area contributed by atoms with Crippen molar-refractivity contribution in [3.63, 3.8) is 0 Å². The van der Waals surface area contributed by atoms with Crippen molar-refractivity contribution in [2.75, 3.05) is 0 Å². The van der Waals surface area contributed by atoms with Gasteiger partial charge in [-0.25, -0.2) is 0 Å². The molecular formula is C10H12NNaO5S. The SMILES string of the molecule is N[C@H](Cc1ccc(CS(=O)(=O)O)cc1)C(=O)[O-].[Na+]. The Kier molecular flexibility index (Phi) is 7.05. The summed E-state index contributed by atoms with van der Waals surface area (Å²) in [4.78, 5) is 10.4. The Morgan fingerprint density at radius 2 is 1.72 bits per heavy atom. The largest absolute Gasteiger partial charge is 1.00 e. The van der Waals surface area contributed by atoms with Crippen molar-refractivity contribution >= 4 is 16.1 Å². The fraction of sp³-hybridized carbons (Fsp3) is 0.300. The Morgan fingerprint density at radius 1 is 1.28 bits per heavy atom. The first-order valence-corrected chi connectivity index (χ1v) is 6.38. The standard InChI is InChI=1S/C10H13NO5S.Na/c11-9(10(12)13)5-7-1-3-8(4-2-7)6-17(14,15)16;/h1-4,9H,5-6,11H2,(H,12,13)(H,14,15,16);/q;+1/p-1/t9-;/m1./s1. The molecule has 0 amide bonds. The van der Waals surface area contributed by atoms with Gasteiger partial charge in [-0.1, -0.05) is 24.3 Å². The van der Waals surface area contributed by atoms with Gasteiger partial charge in [-0.3, -0.25) is 4.55 Å². The maximum atomic E-state index is 10.6. The zero-order valence-electron chi connectivity index (χ0n) is 9.87. The van der Waals surface area contributed by atoms with Gasteiger partial charge in [0.2, 0.25) is 0 Å². The number of benzene rings is 1. The van der Waals surface area contributed by atoms with E-state index in [1.807, 2.05) is 0 Å². The van der Waals surface area contributed by atoms with E-state index >= 15 is 0 Å². The number of carbonyl (C=O) groups excluding carboxylic acids is 1. The molecule has 0 fully saturated rings. The number of hydrogen-bond donors (Lipinski definition) is 2. The van der Waals surface area contributed by atoms with Gasteiger partial charge >= 0.3 is 29.6 Å². The van der Waals surface area contributed by atoms with Crippen LogP contribution in [0.4, 0.5) is 0 Å². The van der Waals surface area contributed by atoms with Gasteiger partial charge in [0.25, 0.3) is 10.1 Å². The first-order chi connectivity index (χ1) is 7.78. The van der Waals surface area contributed by atoms with Crippen LogP contribution in [0.2, 0.25) is 0 Å². The summed E-state index contributed by atoms with van der Waals surface area (Å²) in [5, 5.41) is 10.4. The van der Waals surface area contributed by atoms with E-state index in [-0.39, 0.29) is 36.0 Å². The number of nitrogens with two attached hydrogens (primary N) is 1. The zero-order chi connectivity index (χ0) is 13.1. The van der Waals surface area contributed by atoms with Gasteiger partial charge in [-0.05, 0) is 17.5 Å². The summed E-state index contributed by atoms with van der Waals surface area (Å²) in [5.41, 5.74) is 6.36. The third-order valence-corrected chi connectivity index (χ3v) is 2.83. The minimum atomic E-state index is -4.06. The van der Waals surface area contributed by atoms with Crippen LogP contribution in [0.1, 0.15) is 11.1 Å². The molecule has 0 spiro atoms. The van der Waals surface area contributed by atoms with Crippen LogP contribution in [0.15, 0.2) is 24.3 Å². The van der Waals surface area contributed by atoms with Gasteiger partial charge in [0.1, 0.15) is 5.75 Å². The predicted octanol–water partition coefficient (Wildman–Crippen LogP) is -4.30. The van der Waals surface area contributed by atoms with Crippen molar-refractivity contribution in [1.29, 1.82) is 0 Å². The maximum Gasteiger partial charge on any atom is 1.00 e. The van der Waals surface area contributed by atoms with E-state index < -0.39 is 27.9 Å². The molecule has 0 unspecified atom stereocenters. The van der Waals surface area contributed by atoms with E-state index in [9.17, 15) is 18.3 Å². The molecule has 0 bridgehead atoms. The van der Waals surface area contributed by atoms with E-state index in [4.69, 9.17) is 10.3 Å². The molecule has 1 aromatic carbocycles. The molecule has 1 atom stereocenters. The van der Waals surface area contributed by atoms with E-state index in [1.54, 1.807) is 12.1 Å². The molecule has 94 valence electrons. The van der Waals surface area contributed by atoms with E-state index in [1.165, 1.54) is 12.1 Å². The van der Waals surface area contributed by atoms with Crippen LogP contribution >= 0.6 is 0 Å². The van der Waals surface area contributed by atoms with Gasteiger partial charge in [0.05, 0.1) is 5.97 Å². The molecule has 1 aromatic rings. The molecule has 0 heterocycles. The molecule has 0 saturated heterocycles. The Morgan fingerprint density at radius 3 is 2.11 bits per heavy atom. The molecule has 0 aliphatic heterocycles. The fourth-order valence-corrected chi connectivity index (χ4v) is 1.93. The summed E-state index contributed by atoms with van der Waals surface area (Å²) < 4.78 is 29.8. The molecule has 0 radical (unpaired) electrons. The second-order valence-electron chi connectivity index (χ2n) is 3.67. The third kappa shape index (κ3) is 6.48. The van der Waals surface area contributed by atoms with Crippen molar-refractivity contribution in [3.8, 4) is 0 Å². The van der Waals surface area contributed by atoms with Crippen molar-refractivity contribution < 1.29 is 52.4 Å². The summed E-state index contributed by atoms with van der Waals surface area (Å²) in [6.07, 6.45) is 0.106. The van der Waals surface area contributed by atoms with Gasteiger partial charge < -0.3 is 15.6 Å². The van der Waals surface area contributed by atoms with Crippen LogP contribution < -0.4 is 40.4 Å². The first kappa shape index (κ1) is 17.6. The smallest absolute Gasteiger partial charge is 0.548 e. The van der Waals surface area contributed by atoms with Crippen LogP contribution in [-0.2, 0) is 27.1 Å². The number of hydrogen-bond acceptors (Lipinski definition) is 5. The van der Waals surface area contributed by atoms with Crippen molar-refractivity contribution in [2.45, 2.75) is 18.2 Å². The van der Waals surface area contributed by atoms with E-state index in [0.717, 1.165) is 0 Å². The summed E-state index contributed by atoms with van der Waals surface area (Å²) in [6.45, 7) is 0. The Labute approximate surface area is 127 Å². The van der Waals surface area contributed by atoms with Crippen molar-refractivity contribution in [3.05, 3.63) is 35.4 Å². The molecular weight excluding hydrogens is 269 g/mol. The fourth-order valence-electron chi connectivity index (χ4n) is 1.32. The van der Waals surface area contributed by atoms with Gasteiger partial charge in [0.15, 0.2) is 0 Å². The summed E-state index contributed by atoms with van der Waals surface area (Å²) in [5.74, 6) is -1.81. The van der Waals surface area contributed by atoms with Crippen LogP contribution in [0, 0.1) is 0 Å². The van der Waals surface area contributed by atoms with Gasteiger partial charge in [-0.15, -0.1) is 0 Å². The number of carboxylic acids is 1. The minimum Gasteiger partial charge on any atom is -0.548 e. The average molecular weight is 281 g/mol. The molecule has 18 heavy (non-hydrogen) atoms. The average Bonchev–Trinajstić information content (AvgIpc) is 2.18. The number of carbonyl (C=O) groups is 1. The topological polar surface area (TPSA) is 121 Å². The predicted molar refractivity (Wildman–Crippen MR) is 58.4 cm³/mol. The van der Waals surface area contributed by atoms with E-state index in [0.29, 0.717) is 11.1 Å². The molecule has 0 aliphatic rings. The molecule has 3 N–H and O–H groups in total. The number of carboxylic acid groups (broad SMARTS) is 1. The second kappa shape index (κ2) is 7.22. The first-order valence-electron chi connectivity index (χ1n) is 4.77. The monoisotopic (exact) mass is 281 g/mol. The summed E-state index contributed by atoms with van der Waals surface area (Å²) in [7, 11) is -4.06. The molecule has 8 heteroatoms. The Balaban J connectivity index is 0.00000289. The Hall–Kier alpha value is -0.440. The minimum absolute atomic E-state index is 0. The van der Waals surface area contributed by atoms with Crippen LogP contribution in [0.5, 0.6) is 0 Å². The van der Waals surface area contributed by atoms with Crippen LogP contribution in [0.25, 0.3) is 0 Å². The molecule has 0 saturated carbocycles. The van der Waals surface area contributed by atoms with Crippen molar-refractivity contribution in [2.24, 2.45) is 5.73 Å². The van der Waals surface area contributed by atoms with E-state index in [2.05, 4.69) is 0 Å². The Bertz CT molecular complexity index is 500. The maximum absolute atomic E-state index is 10.6. The number of aliphatic carboxylic acids is 1. The molecule has 6 nitrogen and oxygen atoms in total. The normalized spacial score (nSPS) is 12.6. The van der Waals surface area contributed by atoms with Crippen LogP contribution in [-0.4, -0.2) is 25.0 Å². The summed E-state index contributed by atoms with van der Waals surface area (Å²) >= 11 is 0. The van der Waals surface area contributed by atoms with Gasteiger partial charge in [0, 0.05) is 6.04 Å². The quantitative estimate of drug-likeness (QED) is 0.416. The van der Waals surface area contributed by atoms with Gasteiger partial charge in [-0.2, -0.15) is 8.42 Å². The molecule has 0 aliphatic carbocycles. The third-order valence-electron chi connectivity index (χ3n) is 2.13. The molecule has 0 aromatic heterocycles. The van der Waals surface area contributed by atoms with Crippen molar-refractivity contribution in [1.82, 2.24) is 0 Å². The zero-order valence-corrected chi connectivity index (χ0v) is 12.7. The molecule has 1 rings (SSSR count). The number of rotatable bonds is 5. The van der Waals surface area contributed by atoms with Crippen LogP contribution in [0.3, 0.4) is 0 Å².